The van der Waals surface area contributed by atoms with E-state index in [4.69, 9.17) is 4.74 Å². The Kier molecular flexibility index (Phi) is 13.2. The number of hydrogen-bond donors (Lipinski definition) is 3. The number of fused-ring (bicyclic) bond motifs is 3. The summed E-state index contributed by atoms with van der Waals surface area (Å²) in [6, 6.07) is 14.6. The number of hydrogen-bond acceptors (Lipinski definition) is 5. The highest BCUT2D eigenvalue weighted by Gasteiger charge is 2.33. The molecule has 2 aromatic carbocycles. The highest BCUT2D eigenvalue weighted by atomic mass is 16.5. The Hall–Kier alpha value is -3.88. The third kappa shape index (κ3) is 9.31. The number of alkyl carbamates (subject to hydrolysis) is 1. The van der Waals surface area contributed by atoms with Crippen molar-refractivity contribution in [2.24, 2.45) is 11.8 Å². The minimum absolute atomic E-state index is 0.0604. The van der Waals surface area contributed by atoms with Crippen molar-refractivity contribution in [1.82, 2.24) is 20.9 Å². The zero-order valence-corrected chi connectivity index (χ0v) is 27.2. The molecule has 9 heteroatoms. The van der Waals surface area contributed by atoms with Gasteiger partial charge in [-0.05, 0) is 53.4 Å². The average Bonchev–Trinajstić information content (AvgIpc) is 3.32. The number of carbonyl (C=O) groups excluding carboxylic acids is 4. The smallest absolute Gasteiger partial charge is 0.407 e. The number of nitrogens with one attached hydrogen (secondary N) is 3. The summed E-state index contributed by atoms with van der Waals surface area (Å²) in [5, 5.41) is 8.50. The van der Waals surface area contributed by atoms with Gasteiger partial charge in [0, 0.05) is 32.5 Å². The van der Waals surface area contributed by atoms with E-state index in [-0.39, 0.29) is 36.2 Å². The second-order valence-electron chi connectivity index (χ2n) is 12.3. The third-order valence-corrected chi connectivity index (χ3v) is 8.14. The monoisotopic (exact) mass is 606 g/mol. The fraction of sp³-hybridized carbons (Fsp3) is 0.543. The van der Waals surface area contributed by atoms with E-state index in [0.717, 1.165) is 47.9 Å². The van der Waals surface area contributed by atoms with Gasteiger partial charge in [-0.2, -0.15) is 0 Å². The van der Waals surface area contributed by atoms with Crippen LogP contribution in [0.1, 0.15) is 83.8 Å². The van der Waals surface area contributed by atoms with Crippen LogP contribution in [0.3, 0.4) is 0 Å². The Balaban J connectivity index is 1.52. The van der Waals surface area contributed by atoms with Crippen LogP contribution in [0.4, 0.5) is 4.79 Å². The maximum Gasteiger partial charge on any atom is 0.407 e. The number of likely N-dealkylation sites (N-methyl/N-ethyl adjacent to an activating group) is 1. The number of amides is 4. The first kappa shape index (κ1) is 34.6. The molecule has 1 aliphatic rings. The van der Waals surface area contributed by atoms with Crippen LogP contribution >= 0.6 is 0 Å². The summed E-state index contributed by atoms with van der Waals surface area (Å²) in [6.45, 7) is 10.8. The number of nitrogens with zero attached hydrogens (tertiary/aromatic N) is 1. The fourth-order valence-corrected chi connectivity index (χ4v) is 5.57. The Morgan fingerprint density at radius 2 is 1.41 bits per heavy atom. The number of unbranched alkanes of at least 4 members (excludes halogenated alkanes) is 2. The molecule has 0 bridgehead atoms. The lowest BCUT2D eigenvalue weighted by Crippen LogP contribution is -2.57. The highest BCUT2D eigenvalue weighted by Crippen LogP contribution is 2.44. The van der Waals surface area contributed by atoms with Crippen LogP contribution in [0.25, 0.3) is 11.1 Å². The van der Waals surface area contributed by atoms with Gasteiger partial charge in [-0.3, -0.25) is 14.4 Å². The Morgan fingerprint density at radius 1 is 0.818 bits per heavy atom. The molecule has 1 aliphatic carbocycles. The summed E-state index contributed by atoms with van der Waals surface area (Å²) >= 11 is 0. The Bertz CT molecular complexity index is 1230. The molecule has 2 aromatic rings. The minimum Gasteiger partial charge on any atom is -0.449 e. The summed E-state index contributed by atoms with van der Waals surface area (Å²) in [5.74, 6) is -1.02. The van der Waals surface area contributed by atoms with Crippen LogP contribution in [0.5, 0.6) is 0 Å². The zero-order chi connectivity index (χ0) is 32.2. The number of carbonyl (C=O) groups is 4. The van der Waals surface area contributed by atoms with Crippen LogP contribution in [0.15, 0.2) is 48.5 Å². The van der Waals surface area contributed by atoms with Gasteiger partial charge in [-0.25, -0.2) is 4.79 Å². The number of ether oxygens (including phenoxy) is 1. The van der Waals surface area contributed by atoms with Crippen molar-refractivity contribution in [3.05, 3.63) is 59.7 Å². The van der Waals surface area contributed by atoms with Gasteiger partial charge >= 0.3 is 6.09 Å². The van der Waals surface area contributed by atoms with Crippen LogP contribution in [0.2, 0.25) is 0 Å². The molecule has 4 amide bonds. The van der Waals surface area contributed by atoms with E-state index in [1.165, 1.54) is 0 Å². The van der Waals surface area contributed by atoms with Gasteiger partial charge in [0.25, 0.3) is 0 Å². The van der Waals surface area contributed by atoms with Crippen molar-refractivity contribution in [2.75, 3.05) is 26.7 Å². The standard InChI is InChI=1S/C35H50N4O5/c1-7-20-36-30(40)19-9-8-14-21-39(6)34(42)32(24(4)5)37-33(41)31(23(2)3)38-35(43)44-22-29-27-17-12-10-15-25(27)26-16-11-13-18-28(26)29/h10-13,15-18,23-24,29,31-32H,7-9,14,19-22H2,1-6H3,(H,36,40)(H,37,41)(H,38,43)/t31-,32-/m0/s1. The van der Waals surface area contributed by atoms with Gasteiger partial charge in [0.05, 0.1) is 0 Å². The SMILES string of the molecule is CCCNC(=O)CCCCCN(C)C(=O)[C@@H](NC(=O)[C@@H](NC(=O)OCC1c2ccccc2-c2ccccc21)C(C)C)C(C)C. The third-order valence-electron chi connectivity index (χ3n) is 8.14. The first-order valence-corrected chi connectivity index (χ1v) is 16.0. The van der Waals surface area contributed by atoms with Gasteiger partial charge in [0.2, 0.25) is 17.7 Å². The molecule has 0 aliphatic heterocycles. The summed E-state index contributed by atoms with van der Waals surface area (Å²) in [5.41, 5.74) is 4.50. The molecule has 0 saturated carbocycles. The van der Waals surface area contributed by atoms with Gasteiger partial charge < -0.3 is 25.6 Å². The second-order valence-corrected chi connectivity index (χ2v) is 12.3. The molecule has 0 radical (unpaired) electrons. The van der Waals surface area contributed by atoms with Crippen LogP contribution in [-0.4, -0.2) is 67.5 Å². The van der Waals surface area contributed by atoms with Crippen molar-refractivity contribution in [3.63, 3.8) is 0 Å². The topological polar surface area (TPSA) is 117 Å². The molecule has 2 atom stereocenters. The molecule has 0 saturated heterocycles. The first-order chi connectivity index (χ1) is 21.0. The summed E-state index contributed by atoms with van der Waals surface area (Å²) in [7, 11) is 1.73. The molecule has 44 heavy (non-hydrogen) atoms. The maximum atomic E-state index is 13.4. The fourth-order valence-electron chi connectivity index (χ4n) is 5.57. The van der Waals surface area contributed by atoms with Gasteiger partial charge in [0.1, 0.15) is 18.7 Å². The summed E-state index contributed by atoms with van der Waals surface area (Å²) < 4.78 is 5.68. The Morgan fingerprint density at radius 3 is 1.98 bits per heavy atom. The summed E-state index contributed by atoms with van der Waals surface area (Å²) in [6.07, 6.45) is 3.08. The lowest BCUT2D eigenvalue weighted by molar-refractivity contribution is -0.137. The molecule has 3 rings (SSSR count). The molecule has 240 valence electrons. The van der Waals surface area contributed by atoms with Crippen LogP contribution in [0, 0.1) is 11.8 Å². The maximum absolute atomic E-state index is 13.4. The minimum atomic E-state index is -0.871. The van der Waals surface area contributed by atoms with Crippen LogP contribution in [-0.2, 0) is 19.1 Å². The normalized spacial score (nSPS) is 13.5. The largest absolute Gasteiger partial charge is 0.449 e. The molecule has 9 nitrogen and oxygen atoms in total. The molecule has 3 N–H and O–H groups in total. The molecular formula is C35H50N4O5. The Labute approximate surface area is 262 Å². The van der Waals surface area contributed by atoms with Crippen molar-refractivity contribution >= 4 is 23.8 Å². The molecule has 0 spiro atoms. The van der Waals surface area contributed by atoms with E-state index in [1.54, 1.807) is 11.9 Å². The summed E-state index contributed by atoms with van der Waals surface area (Å²) in [4.78, 5) is 53.1. The van der Waals surface area contributed by atoms with E-state index in [2.05, 4.69) is 40.2 Å². The van der Waals surface area contributed by atoms with Crippen molar-refractivity contribution in [2.45, 2.75) is 84.7 Å². The van der Waals surface area contributed by atoms with Crippen LogP contribution < -0.4 is 16.0 Å². The lowest BCUT2D eigenvalue weighted by Gasteiger charge is -2.30. The average molecular weight is 607 g/mol. The van der Waals surface area contributed by atoms with Crippen molar-refractivity contribution < 1.29 is 23.9 Å². The predicted octanol–water partition coefficient (Wildman–Crippen LogP) is 5.24. The van der Waals surface area contributed by atoms with Gasteiger partial charge in [-0.1, -0.05) is 89.6 Å². The van der Waals surface area contributed by atoms with Gasteiger partial charge in [-0.15, -0.1) is 0 Å². The van der Waals surface area contributed by atoms with E-state index in [0.29, 0.717) is 19.5 Å². The highest BCUT2D eigenvalue weighted by molar-refractivity contribution is 5.91. The van der Waals surface area contributed by atoms with E-state index in [9.17, 15) is 19.2 Å². The quantitative estimate of drug-likeness (QED) is 0.226. The first-order valence-electron chi connectivity index (χ1n) is 16.0. The second kappa shape index (κ2) is 16.8. The van der Waals surface area contributed by atoms with Crippen molar-refractivity contribution in [3.8, 4) is 11.1 Å². The van der Waals surface area contributed by atoms with E-state index < -0.39 is 24.1 Å². The van der Waals surface area contributed by atoms with Crippen molar-refractivity contribution in [1.29, 1.82) is 0 Å². The van der Waals surface area contributed by atoms with Gasteiger partial charge in [0.15, 0.2) is 0 Å². The molecule has 0 heterocycles. The number of rotatable bonds is 16. The lowest BCUT2D eigenvalue weighted by atomic mass is 9.98. The molecular weight excluding hydrogens is 556 g/mol. The zero-order valence-electron chi connectivity index (χ0n) is 27.2. The molecule has 0 aromatic heterocycles. The number of benzene rings is 2. The predicted molar refractivity (Wildman–Crippen MR) is 173 cm³/mol. The molecule has 0 fully saturated rings. The molecule has 0 unspecified atom stereocenters. The van der Waals surface area contributed by atoms with E-state index >= 15 is 0 Å². The van der Waals surface area contributed by atoms with E-state index in [1.807, 2.05) is 58.9 Å².